The molecule has 0 heterocycles. The van der Waals surface area contributed by atoms with E-state index < -0.39 is 11.7 Å². The number of hydrogen-bond acceptors (Lipinski definition) is 2. The summed E-state index contributed by atoms with van der Waals surface area (Å²) in [5.41, 5.74) is 5.43. The summed E-state index contributed by atoms with van der Waals surface area (Å²) in [5, 5.41) is 3.01. The summed E-state index contributed by atoms with van der Waals surface area (Å²) >= 11 is 0. The van der Waals surface area contributed by atoms with Crippen LogP contribution in [0.4, 0.5) is 13.2 Å². The molecule has 1 aromatic carbocycles. The maximum atomic E-state index is 13.0. The lowest BCUT2D eigenvalue weighted by Gasteiger charge is -2.43. The topological polar surface area (TPSA) is 55.1 Å². The Hall–Kier alpha value is -1.56. The van der Waals surface area contributed by atoms with E-state index >= 15 is 0 Å². The predicted molar refractivity (Wildman–Crippen MR) is 89.9 cm³/mol. The summed E-state index contributed by atoms with van der Waals surface area (Å²) in [5.74, 6) is 0.181. The molecule has 6 heteroatoms. The summed E-state index contributed by atoms with van der Waals surface area (Å²) in [6.45, 7) is 0.914. The van der Waals surface area contributed by atoms with Crippen LogP contribution in [0.1, 0.15) is 49.7 Å². The van der Waals surface area contributed by atoms with E-state index in [1.54, 1.807) is 6.07 Å². The van der Waals surface area contributed by atoms with Gasteiger partial charge in [0.15, 0.2) is 0 Å². The van der Waals surface area contributed by atoms with Crippen LogP contribution in [0.5, 0.6) is 0 Å². The molecular formula is C19H25F3N2O. The van der Waals surface area contributed by atoms with Crippen molar-refractivity contribution in [2.24, 2.45) is 17.6 Å². The zero-order valence-electron chi connectivity index (χ0n) is 14.2. The maximum Gasteiger partial charge on any atom is 0.416 e. The zero-order valence-corrected chi connectivity index (χ0v) is 14.2. The number of benzene rings is 1. The lowest BCUT2D eigenvalue weighted by atomic mass is 9.64. The molecule has 3 N–H and O–H groups in total. The quantitative estimate of drug-likeness (QED) is 0.849. The van der Waals surface area contributed by atoms with Gasteiger partial charge in [-0.15, -0.1) is 0 Å². The smallest absolute Gasteiger partial charge is 0.355 e. The minimum absolute atomic E-state index is 0.00574. The first-order valence-corrected chi connectivity index (χ1v) is 9.01. The van der Waals surface area contributed by atoms with Crippen LogP contribution in [0.3, 0.4) is 0 Å². The van der Waals surface area contributed by atoms with Crippen molar-refractivity contribution >= 4 is 5.91 Å². The van der Waals surface area contributed by atoms with Crippen LogP contribution in [-0.4, -0.2) is 19.0 Å². The lowest BCUT2D eigenvalue weighted by molar-refractivity contribution is -0.137. The van der Waals surface area contributed by atoms with Crippen molar-refractivity contribution < 1.29 is 18.0 Å². The number of rotatable bonds is 5. The molecule has 2 atom stereocenters. The fourth-order valence-electron chi connectivity index (χ4n) is 4.25. The standard InChI is InChI=1S/C19H25F3N2O/c20-19(21,22)15-6-2-5-14(10-15)18(8-3-9-18)12-24-17(25)16-7-1-4-13(16)11-23/h2,5-6,10,13,16H,1,3-4,7-9,11-12,23H2,(H,24,25)/t13-,16-/m1/s1. The Balaban J connectivity index is 1.71. The Morgan fingerprint density at radius 2 is 2.00 bits per heavy atom. The molecule has 0 bridgehead atoms. The molecule has 138 valence electrons. The third kappa shape index (κ3) is 3.68. The monoisotopic (exact) mass is 354 g/mol. The van der Waals surface area contributed by atoms with E-state index in [0.29, 0.717) is 18.7 Å². The average Bonchev–Trinajstić information content (AvgIpc) is 3.02. The van der Waals surface area contributed by atoms with Crippen LogP contribution in [0.2, 0.25) is 0 Å². The van der Waals surface area contributed by atoms with Crippen molar-refractivity contribution in [3.63, 3.8) is 0 Å². The molecule has 0 saturated heterocycles. The lowest BCUT2D eigenvalue weighted by Crippen LogP contribution is -2.47. The third-order valence-corrected chi connectivity index (χ3v) is 6.01. The molecule has 0 aliphatic heterocycles. The van der Waals surface area contributed by atoms with Gasteiger partial charge in [-0.25, -0.2) is 0 Å². The van der Waals surface area contributed by atoms with Crippen molar-refractivity contribution in [3.05, 3.63) is 35.4 Å². The molecule has 0 radical (unpaired) electrons. The highest BCUT2D eigenvalue weighted by Crippen LogP contribution is 2.44. The van der Waals surface area contributed by atoms with Crippen LogP contribution in [0, 0.1) is 11.8 Å². The molecule has 2 fully saturated rings. The van der Waals surface area contributed by atoms with Gasteiger partial charge in [-0.05, 0) is 49.8 Å². The summed E-state index contributed by atoms with van der Waals surface area (Å²) in [4.78, 5) is 12.5. The normalized spacial score (nSPS) is 25.4. The molecule has 1 amide bonds. The van der Waals surface area contributed by atoms with E-state index in [-0.39, 0.29) is 23.2 Å². The second-order valence-corrected chi connectivity index (χ2v) is 7.46. The first-order chi connectivity index (χ1) is 11.9. The first-order valence-electron chi connectivity index (χ1n) is 9.01. The van der Waals surface area contributed by atoms with E-state index in [1.807, 2.05) is 0 Å². The zero-order chi connectivity index (χ0) is 18.1. The van der Waals surface area contributed by atoms with Gasteiger partial charge in [-0.1, -0.05) is 31.0 Å². The van der Waals surface area contributed by atoms with Crippen LogP contribution in [0.25, 0.3) is 0 Å². The van der Waals surface area contributed by atoms with Crippen molar-refractivity contribution in [1.29, 1.82) is 0 Å². The number of carbonyl (C=O) groups excluding carboxylic acids is 1. The number of carbonyl (C=O) groups is 1. The molecular weight excluding hydrogens is 329 g/mol. The molecule has 25 heavy (non-hydrogen) atoms. The van der Waals surface area contributed by atoms with Gasteiger partial charge in [0.1, 0.15) is 0 Å². The van der Waals surface area contributed by atoms with E-state index in [9.17, 15) is 18.0 Å². The summed E-state index contributed by atoms with van der Waals surface area (Å²) in [7, 11) is 0. The molecule has 2 saturated carbocycles. The van der Waals surface area contributed by atoms with Crippen LogP contribution in [-0.2, 0) is 16.4 Å². The Bertz CT molecular complexity index is 625. The number of amides is 1. The number of nitrogens with one attached hydrogen (secondary N) is 1. The van der Waals surface area contributed by atoms with Gasteiger partial charge >= 0.3 is 6.18 Å². The van der Waals surface area contributed by atoms with Gasteiger partial charge in [0.2, 0.25) is 5.91 Å². The highest BCUT2D eigenvalue weighted by molar-refractivity contribution is 5.79. The Kier molecular flexibility index (Phi) is 5.09. The molecule has 3 rings (SSSR count). The second-order valence-electron chi connectivity index (χ2n) is 7.46. The first kappa shape index (κ1) is 18.2. The van der Waals surface area contributed by atoms with Crippen LogP contribution < -0.4 is 11.1 Å². The number of hydrogen-bond donors (Lipinski definition) is 2. The fourth-order valence-corrected chi connectivity index (χ4v) is 4.25. The maximum absolute atomic E-state index is 13.0. The Labute approximate surface area is 146 Å². The van der Waals surface area contributed by atoms with Gasteiger partial charge < -0.3 is 11.1 Å². The van der Waals surface area contributed by atoms with Gasteiger partial charge in [-0.2, -0.15) is 13.2 Å². The number of halogens is 3. The fraction of sp³-hybridized carbons (Fsp3) is 0.632. The van der Waals surface area contributed by atoms with Crippen LogP contribution in [0.15, 0.2) is 24.3 Å². The Morgan fingerprint density at radius 1 is 1.24 bits per heavy atom. The van der Waals surface area contributed by atoms with Gasteiger partial charge in [0.25, 0.3) is 0 Å². The van der Waals surface area contributed by atoms with Crippen molar-refractivity contribution in [2.45, 2.75) is 50.1 Å². The third-order valence-electron chi connectivity index (χ3n) is 6.01. The minimum atomic E-state index is -4.34. The van der Waals surface area contributed by atoms with Crippen molar-refractivity contribution in [1.82, 2.24) is 5.32 Å². The number of alkyl halides is 3. The molecule has 2 aliphatic carbocycles. The largest absolute Gasteiger partial charge is 0.416 e. The predicted octanol–water partition coefficient (Wildman–Crippen LogP) is 3.62. The Morgan fingerprint density at radius 3 is 2.60 bits per heavy atom. The minimum Gasteiger partial charge on any atom is -0.355 e. The molecule has 0 unspecified atom stereocenters. The highest BCUT2D eigenvalue weighted by Gasteiger charge is 2.41. The van der Waals surface area contributed by atoms with E-state index in [4.69, 9.17) is 5.73 Å². The highest BCUT2D eigenvalue weighted by atomic mass is 19.4. The molecule has 3 nitrogen and oxygen atoms in total. The molecule has 1 aromatic rings. The second kappa shape index (κ2) is 6.98. The molecule has 2 aliphatic rings. The molecule has 0 spiro atoms. The van der Waals surface area contributed by atoms with Crippen LogP contribution >= 0.6 is 0 Å². The SMILES string of the molecule is NC[C@H]1CCC[C@H]1C(=O)NCC1(c2cccc(C(F)(F)F)c2)CCC1. The molecule has 0 aromatic heterocycles. The van der Waals surface area contributed by atoms with Crippen molar-refractivity contribution in [3.8, 4) is 0 Å². The number of nitrogens with two attached hydrogens (primary N) is 1. The van der Waals surface area contributed by atoms with Gasteiger partial charge in [0.05, 0.1) is 5.56 Å². The summed E-state index contributed by atoms with van der Waals surface area (Å²) in [6, 6.07) is 5.54. The van der Waals surface area contributed by atoms with Gasteiger partial charge in [0, 0.05) is 17.9 Å². The van der Waals surface area contributed by atoms with E-state index in [1.165, 1.54) is 12.1 Å². The summed E-state index contributed by atoms with van der Waals surface area (Å²) < 4.78 is 39.0. The van der Waals surface area contributed by atoms with Gasteiger partial charge in [-0.3, -0.25) is 4.79 Å². The summed E-state index contributed by atoms with van der Waals surface area (Å²) in [6.07, 6.45) is 1.08. The van der Waals surface area contributed by atoms with E-state index in [2.05, 4.69) is 5.32 Å². The van der Waals surface area contributed by atoms with E-state index in [0.717, 1.165) is 44.6 Å². The van der Waals surface area contributed by atoms with Crippen molar-refractivity contribution in [2.75, 3.05) is 13.1 Å². The average molecular weight is 354 g/mol.